The van der Waals surface area contributed by atoms with Gasteiger partial charge < -0.3 is 20.6 Å². The van der Waals surface area contributed by atoms with Crippen LogP contribution in [0.5, 0.6) is 0 Å². The van der Waals surface area contributed by atoms with Crippen LogP contribution in [-0.4, -0.2) is 25.6 Å². The first kappa shape index (κ1) is 18.7. The van der Waals surface area contributed by atoms with Crippen molar-refractivity contribution in [1.82, 2.24) is 0 Å². The van der Waals surface area contributed by atoms with Crippen molar-refractivity contribution in [1.29, 1.82) is 0 Å². The van der Waals surface area contributed by atoms with Crippen molar-refractivity contribution < 1.29 is 14.3 Å². The van der Waals surface area contributed by atoms with E-state index in [4.69, 9.17) is 15.3 Å². The third-order valence-corrected chi connectivity index (χ3v) is 8.58. The van der Waals surface area contributed by atoms with Gasteiger partial charge in [0, 0.05) is 5.69 Å². The van der Waals surface area contributed by atoms with Crippen molar-refractivity contribution >= 4 is 20.0 Å². The maximum Gasteiger partial charge on any atom is 0.306 e. The quantitative estimate of drug-likeness (QED) is 0.529. The molecule has 1 rings (SSSR count). The smallest absolute Gasteiger partial charge is 0.306 e. The van der Waals surface area contributed by atoms with E-state index in [0.717, 1.165) is 11.3 Å². The lowest BCUT2D eigenvalue weighted by atomic mass is 10.2. The van der Waals surface area contributed by atoms with Gasteiger partial charge in [0.25, 0.3) is 0 Å². The molecule has 4 N–H and O–H groups in total. The Morgan fingerprint density at radius 3 is 2.32 bits per heavy atom. The van der Waals surface area contributed by atoms with Gasteiger partial charge in [-0.3, -0.25) is 4.79 Å². The standard InChI is InChI=1S/C16H28N2O3Si/c1-16(2,3)22(4,5)21-11-12-6-8-13(9-7-12)18-14(17)10-15(19)20/h6-9,14,18H,10-11,17H2,1-5H3,(H,19,20). The number of carbonyl (C=O) groups is 1. The Morgan fingerprint density at radius 2 is 1.86 bits per heavy atom. The number of hydrogen-bond donors (Lipinski definition) is 3. The summed E-state index contributed by atoms with van der Waals surface area (Å²) >= 11 is 0. The lowest BCUT2D eigenvalue weighted by Crippen LogP contribution is -2.40. The SMILES string of the molecule is CC(C)(C)[Si](C)(C)OCc1ccc(NC(N)CC(=O)O)cc1. The van der Waals surface area contributed by atoms with E-state index in [-0.39, 0.29) is 11.5 Å². The van der Waals surface area contributed by atoms with E-state index in [1.807, 2.05) is 24.3 Å². The van der Waals surface area contributed by atoms with Gasteiger partial charge in [0.2, 0.25) is 0 Å². The summed E-state index contributed by atoms with van der Waals surface area (Å²) in [5.74, 6) is -0.917. The predicted molar refractivity (Wildman–Crippen MR) is 92.3 cm³/mol. The number of anilines is 1. The van der Waals surface area contributed by atoms with E-state index < -0.39 is 20.5 Å². The molecule has 0 spiro atoms. The molecule has 0 aromatic heterocycles. The lowest BCUT2D eigenvalue weighted by molar-refractivity contribution is -0.137. The molecule has 5 nitrogen and oxygen atoms in total. The van der Waals surface area contributed by atoms with Gasteiger partial charge in [0.15, 0.2) is 8.32 Å². The van der Waals surface area contributed by atoms with Gasteiger partial charge in [-0.25, -0.2) is 0 Å². The molecule has 1 unspecified atom stereocenters. The molecule has 0 fully saturated rings. The third kappa shape index (κ3) is 5.79. The van der Waals surface area contributed by atoms with E-state index in [1.165, 1.54) is 0 Å². The van der Waals surface area contributed by atoms with E-state index in [9.17, 15) is 4.79 Å². The van der Waals surface area contributed by atoms with Crippen LogP contribution >= 0.6 is 0 Å². The van der Waals surface area contributed by atoms with Gasteiger partial charge in [-0.15, -0.1) is 0 Å². The Bertz CT molecular complexity index is 495. The number of hydrogen-bond acceptors (Lipinski definition) is 4. The normalized spacial score (nSPS) is 13.7. The van der Waals surface area contributed by atoms with E-state index in [1.54, 1.807) is 0 Å². The van der Waals surface area contributed by atoms with Gasteiger partial charge in [-0.2, -0.15) is 0 Å². The number of carboxylic acids is 1. The first-order chi connectivity index (χ1) is 10.0. The number of nitrogens with two attached hydrogens (primary N) is 1. The third-order valence-electron chi connectivity index (χ3n) is 4.11. The Morgan fingerprint density at radius 1 is 1.32 bits per heavy atom. The minimum atomic E-state index is -1.75. The van der Waals surface area contributed by atoms with E-state index >= 15 is 0 Å². The Balaban J connectivity index is 2.57. The summed E-state index contributed by atoms with van der Waals surface area (Å²) in [6.07, 6.45) is -0.706. The average molecular weight is 324 g/mol. The molecule has 0 saturated carbocycles. The van der Waals surface area contributed by atoms with Crippen LogP contribution in [0.1, 0.15) is 32.8 Å². The number of aliphatic carboxylic acids is 1. The zero-order valence-electron chi connectivity index (χ0n) is 14.1. The molecule has 22 heavy (non-hydrogen) atoms. The predicted octanol–water partition coefficient (Wildman–Crippen LogP) is 3.38. The number of carboxylic acid groups (broad SMARTS) is 1. The van der Waals surface area contributed by atoms with E-state index in [0.29, 0.717) is 6.61 Å². The summed E-state index contributed by atoms with van der Waals surface area (Å²) in [6, 6.07) is 7.74. The van der Waals surface area contributed by atoms with Crippen LogP contribution in [0, 0.1) is 0 Å². The molecule has 0 saturated heterocycles. The molecule has 124 valence electrons. The van der Waals surface area contributed by atoms with Gasteiger partial charge in [-0.1, -0.05) is 32.9 Å². The molecule has 1 aromatic rings. The van der Waals surface area contributed by atoms with Crippen molar-refractivity contribution in [3.05, 3.63) is 29.8 Å². The van der Waals surface area contributed by atoms with Crippen LogP contribution < -0.4 is 11.1 Å². The summed E-state index contributed by atoms with van der Waals surface area (Å²) < 4.78 is 6.17. The van der Waals surface area contributed by atoms with Crippen LogP contribution in [0.15, 0.2) is 24.3 Å². The Kier molecular flexibility index (Phi) is 6.16. The molecule has 0 amide bonds. The van der Waals surface area contributed by atoms with Gasteiger partial charge in [0.1, 0.15) is 0 Å². The fourth-order valence-corrected chi connectivity index (χ4v) is 2.59. The highest BCUT2D eigenvalue weighted by Crippen LogP contribution is 2.37. The largest absolute Gasteiger partial charge is 0.481 e. The second kappa shape index (κ2) is 7.26. The van der Waals surface area contributed by atoms with Crippen LogP contribution in [0.3, 0.4) is 0 Å². The van der Waals surface area contributed by atoms with Crippen LogP contribution in [0.25, 0.3) is 0 Å². The highest BCUT2D eigenvalue weighted by atomic mass is 28.4. The molecule has 0 aliphatic rings. The molecular formula is C16H28N2O3Si. The summed E-state index contributed by atoms with van der Waals surface area (Å²) in [4.78, 5) is 10.6. The Hall–Kier alpha value is -1.37. The van der Waals surface area contributed by atoms with Gasteiger partial charge in [-0.05, 0) is 35.8 Å². The molecule has 6 heteroatoms. The molecule has 0 heterocycles. The average Bonchev–Trinajstić information content (AvgIpc) is 2.35. The molecule has 0 aliphatic carbocycles. The summed E-state index contributed by atoms with van der Waals surface area (Å²) in [5.41, 5.74) is 7.61. The van der Waals surface area contributed by atoms with Crippen molar-refractivity contribution in [2.24, 2.45) is 5.73 Å². The van der Waals surface area contributed by atoms with Crippen molar-refractivity contribution in [3.8, 4) is 0 Å². The first-order valence-corrected chi connectivity index (χ1v) is 10.4. The molecule has 0 aliphatic heterocycles. The van der Waals surface area contributed by atoms with Gasteiger partial charge in [0.05, 0.1) is 19.2 Å². The maximum absolute atomic E-state index is 10.6. The molecular weight excluding hydrogens is 296 g/mol. The van der Waals surface area contributed by atoms with Crippen molar-refractivity contribution in [2.45, 2.75) is 58.1 Å². The molecule has 1 aromatic carbocycles. The highest BCUT2D eigenvalue weighted by Gasteiger charge is 2.36. The molecule has 0 bridgehead atoms. The maximum atomic E-state index is 10.6. The lowest BCUT2D eigenvalue weighted by Gasteiger charge is -2.36. The summed E-state index contributed by atoms with van der Waals surface area (Å²) in [5, 5.41) is 11.8. The Labute approximate surface area is 134 Å². The highest BCUT2D eigenvalue weighted by molar-refractivity contribution is 6.74. The van der Waals surface area contributed by atoms with Gasteiger partial charge >= 0.3 is 5.97 Å². The zero-order chi connectivity index (χ0) is 17.0. The van der Waals surface area contributed by atoms with Crippen LogP contribution in [-0.2, 0) is 15.8 Å². The van der Waals surface area contributed by atoms with E-state index in [2.05, 4.69) is 39.2 Å². The fourth-order valence-electron chi connectivity index (χ4n) is 1.63. The van der Waals surface area contributed by atoms with Crippen molar-refractivity contribution in [2.75, 3.05) is 5.32 Å². The number of benzene rings is 1. The minimum absolute atomic E-state index is 0.115. The minimum Gasteiger partial charge on any atom is -0.481 e. The second-order valence-electron chi connectivity index (χ2n) is 7.09. The summed E-state index contributed by atoms with van der Waals surface area (Å²) in [6.45, 7) is 11.7. The first-order valence-electron chi connectivity index (χ1n) is 7.48. The fraction of sp³-hybridized carbons (Fsp3) is 0.562. The molecule has 0 radical (unpaired) electrons. The second-order valence-corrected chi connectivity index (χ2v) is 11.9. The number of rotatable bonds is 7. The monoisotopic (exact) mass is 324 g/mol. The molecule has 1 atom stereocenters. The summed E-state index contributed by atoms with van der Waals surface area (Å²) in [7, 11) is -1.75. The van der Waals surface area contributed by atoms with Crippen LogP contribution in [0.4, 0.5) is 5.69 Å². The zero-order valence-corrected chi connectivity index (χ0v) is 15.1. The topological polar surface area (TPSA) is 84.6 Å². The van der Waals surface area contributed by atoms with Crippen molar-refractivity contribution in [3.63, 3.8) is 0 Å². The van der Waals surface area contributed by atoms with Crippen LogP contribution in [0.2, 0.25) is 18.1 Å². The number of nitrogens with one attached hydrogen (secondary N) is 1.